The SMILES string of the molecule is CCN(CC)[C@@H](CNC(=O)c1cc(-c2ccc(C)c(C)c2)on1)c1ccccc1. The number of carbonyl (C=O) groups excluding carboxylic acids is 1. The Labute approximate surface area is 172 Å². The van der Waals surface area contributed by atoms with Crippen molar-refractivity contribution in [3.8, 4) is 11.3 Å². The molecule has 152 valence electrons. The predicted molar refractivity (Wildman–Crippen MR) is 116 cm³/mol. The smallest absolute Gasteiger partial charge is 0.273 e. The van der Waals surface area contributed by atoms with Gasteiger partial charge in [0.25, 0.3) is 5.91 Å². The van der Waals surface area contributed by atoms with Crippen molar-refractivity contribution in [1.82, 2.24) is 15.4 Å². The Kier molecular flexibility index (Phi) is 6.83. The molecule has 29 heavy (non-hydrogen) atoms. The molecule has 3 aromatic rings. The lowest BCUT2D eigenvalue weighted by molar-refractivity contribution is 0.0926. The van der Waals surface area contributed by atoms with Crippen LogP contribution in [0.15, 0.2) is 59.1 Å². The quantitative estimate of drug-likeness (QED) is 0.601. The second kappa shape index (κ2) is 9.52. The van der Waals surface area contributed by atoms with E-state index in [0.717, 1.165) is 18.7 Å². The van der Waals surface area contributed by atoms with Gasteiger partial charge in [-0.05, 0) is 49.7 Å². The first-order valence-electron chi connectivity index (χ1n) is 10.1. The summed E-state index contributed by atoms with van der Waals surface area (Å²) < 4.78 is 5.43. The molecular weight excluding hydrogens is 362 g/mol. The van der Waals surface area contributed by atoms with Crippen LogP contribution in [-0.4, -0.2) is 35.6 Å². The van der Waals surface area contributed by atoms with Crippen LogP contribution in [0, 0.1) is 13.8 Å². The van der Waals surface area contributed by atoms with Gasteiger partial charge in [0.2, 0.25) is 0 Å². The minimum Gasteiger partial charge on any atom is -0.355 e. The number of hydrogen-bond acceptors (Lipinski definition) is 4. The maximum absolute atomic E-state index is 12.7. The number of nitrogens with one attached hydrogen (secondary N) is 1. The second-order valence-electron chi connectivity index (χ2n) is 7.23. The summed E-state index contributed by atoms with van der Waals surface area (Å²) in [5.41, 5.74) is 4.80. The first-order chi connectivity index (χ1) is 14.0. The Morgan fingerprint density at radius 2 is 1.76 bits per heavy atom. The first-order valence-corrected chi connectivity index (χ1v) is 10.1. The van der Waals surface area contributed by atoms with Crippen LogP contribution in [0.1, 0.15) is 47.1 Å². The maximum Gasteiger partial charge on any atom is 0.273 e. The molecule has 0 aliphatic carbocycles. The Morgan fingerprint density at radius 3 is 2.41 bits per heavy atom. The van der Waals surface area contributed by atoms with Crippen LogP contribution < -0.4 is 5.32 Å². The highest BCUT2D eigenvalue weighted by Crippen LogP contribution is 2.23. The highest BCUT2D eigenvalue weighted by Gasteiger charge is 2.20. The van der Waals surface area contributed by atoms with Gasteiger partial charge in [0.05, 0.1) is 6.04 Å². The minimum absolute atomic E-state index is 0.112. The Bertz CT molecular complexity index is 946. The van der Waals surface area contributed by atoms with Gasteiger partial charge in [0, 0.05) is 18.2 Å². The topological polar surface area (TPSA) is 58.4 Å². The molecule has 5 heteroatoms. The summed E-state index contributed by atoms with van der Waals surface area (Å²) in [7, 11) is 0. The summed E-state index contributed by atoms with van der Waals surface area (Å²) in [6.45, 7) is 10.7. The van der Waals surface area contributed by atoms with Gasteiger partial charge < -0.3 is 9.84 Å². The van der Waals surface area contributed by atoms with Crippen LogP contribution in [0.4, 0.5) is 0 Å². The highest BCUT2D eigenvalue weighted by molar-refractivity contribution is 5.93. The van der Waals surface area contributed by atoms with Crippen LogP contribution in [0.25, 0.3) is 11.3 Å². The molecule has 2 aromatic carbocycles. The number of benzene rings is 2. The van der Waals surface area contributed by atoms with E-state index in [2.05, 4.69) is 55.2 Å². The van der Waals surface area contributed by atoms with E-state index in [0.29, 0.717) is 18.0 Å². The third-order valence-electron chi connectivity index (χ3n) is 5.43. The van der Waals surface area contributed by atoms with Crippen LogP contribution >= 0.6 is 0 Å². The summed E-state index contributed by atoms with van der Waals surface area (Å²) in [5.74, 6) is 0.374. The van der Waals surface area contributed by atoms with Crippen molar-refractivity contribution in [2.75, 3.05) is 19.6 Å². The Balaban J connectivity index is 1.72. The maximum atomic E-state index is 12.7. The molecule has 1 amide bonds. The van der Waals surface area contributed by atoms with Gasteiger partial charge in [0.1, 0.15) is 0 Å². The number of aromatic nitrogens is 1. The molecule has 0 saturated heterocycles. The molecule has 0 spiro atoms. The predicted octanol–water partition coefficient (Wildman–Crippen LogP) is 4.77. The number of amides is 1. The van der Waals surface area contributed by atoms with E-state index in [-0.39, 0.29) is 11.9 Å². The fraction of sp³-hybridized carbons (Fsp3) is 0.333. The summed E-state index contributed by atoms with van der Waals surface area (Å²) in [6.07, 6.45) is 0. The number of aryl methyl sites for hydroxylation is 2. The molecule has 0 saturated carbocycles. The zero-order valence-electron chi connectivity index (χ0n) is 17.6. The molecule has 1 aromatic heterocycles. The van der Waals surface area contributed by atoms with Gasteiger partial charge in [-0.25, -0.2) is 0 Å². The number of carbonyl (C=O) groups is 1. The molecule has 0 fully saturated rings. The third kappa shape index (κ3) is 4.93. The van der Waals surface area contributed by atoms with Crippen molar-refractivity contribution >= 4 is 5.91 Å². The van der Waals surface area contributed by atoms with Gasteiger partial charge in [0.15, 0.2) is 11.5 Å². The van der Waals surface area contributed by atoms with Crippen LogP contribution in [-0.2, 0) is 0 Å². The van der Waals surface area contributed by atoms with Gasteiger partial charge in [-0.1, -0.05) is 61.5 Å². The first kappa shape index (κ1) is 20.8. The minimum atomic E-state index is -0.225. The largest absolute Gasteiger partial charge is 0.355 e. The molecule has 0 bridgehead atoms. The van der Waals surface area contributed by atoms with E-state index in [9.17, 15) is 4.79 Å². The average Bonchev–Trinajstić information content (AvgIpc) is 3.24. The zero-order valence-corrected chi connectivity index (χ0v) is 17.6. The molecular formula is C24H29N3O2. The third-order valence-corrected chi connectivity index (χ3v) is 5.43. The molecule has 0 unspecified atom stereocenters. The lowest BCUT2D eigenvalue weighted by atomic mass is 10.0. The average molecular weight is 392 g/mol. The van der Waals surface area contributed by atoms with Crippen molar-refractivity contribution in [3.05, 3.63) is 77.0 Å². The van der Waals surface area contributed by atoms with Crippen molar-refractivity contribution in [1.29, 1.82) is 0 Å². The van der Waals surface area contributed by atoms with Crippen molar-refractivity contribution < 1.29 is 9.32 Å². The van der Waals surface area contributed by atoms with Gasteiger partial charge in [-0.3, -0.25) is 9.69 Å². The highest BCUT2D eigenvalue weighted by atomic mass is 16.5. The number of likely N-dealkylation sites (N-methyl/N-ethyl adjacent to an activating group) is 1. The lowest BCUT2D eigenvalue weighted by Crippen LogP contribution is -2.38. The summed E-state index contributed by atoms with van der Waals surface area (Å²) in [4.78, 5) is 15.0. The molecule has 0 aliphatic heterocycles. The fourth-order valence-electron chi connectivity index (χ4n) is 3.49. The lowest BCUT2D eigenvalue weighted by Gasteiger charge is -2.30. The van der Waals surface area contributed by atoms with Crippen molar-refractivity contribution in [2.24, 2.45) is 0 Å². The molecule has 3 rings (SSSR count). The fourth-order valence-corrected chi connectivity index (χ4v) is 3.49. The molecule has 5 nitrogen and oxygen atoms in total. The summed E-state index contributed by atoms with van der Waals surface area (Å²) in [5, 5.41) is 7.01. The summed E-state index contributed by atoms with van der Waals surface area (Å²) >= 11 is 0. The van der Waals surface area contributed by atoms with Crippen LogP contribution in [0.5, 0.6) is 0 Å². The monoisotopic (exact) mass is 391 g/mol. The van der Waals surface area contributed by atoms with Gasteiger partial charge >= 0.3 is 0 Å². The number of rotatable bonds is 8. The van der Waals surface area contributed by atoms with Crippen molar-refractivity contribution in [2.45, 2.75) is 33.7 Å². The van der Waals surface area contributed by atoms with Gasteiger partial charge in [-0.15, -0.1) is 0 Å². The van der Waals surface area contributed by atoms with E-state index in [4.69, 9.17) is 4.52 Å². The van der Waals surface area contributed by atoms with Crippen LogP contribution in [0.2, 0.25) is 0 Å². The van der Waals surface area contributed by atoms with E-state index in [1.165, 1.54) is 16.7 Å². The molecule has 1 atom stereocenters. The normalized spacial score (nSPS) is 12.2. The van der Waals surface area contributed by atoms with Gasteiger partial charge in [-0.2, -0.15) is 0 Å². The van der Waals surface area contributed by atoms with Crippen molar-refractivity contribution in [3.63, 3.8) is 0 Å². The van der Waals surface area contributed by atoms with Crippen LogP contribution in [0.3, 0.4) is 0 Å². The second-order valence-corrected chi connectivity index (χ2v) is 7.23. The molecule has 0 aliphatic rings. The summed E-state index contributed by atoms with van der Waals surface area (Å²) in [6, 6.07) is 18.1. The van der Waals surface area contributed by atoms with E-state index >= 15 is 0 Å². The molecule has 1 heterocycles. The Morgan fingerprint density at radius 1 is 1.03 bits per heavy atom. The Hall–Kier alpha value is -2.92. The zero-order chi connectivity index (χ0) is 20.8. The molecule has 1 N–H and O–H groups in total. The number of nitrogens with zero attached hydrogens (tertiary/aromatic N) is 2. The number of hydrogen-bond donors (Lipinski definition) is 1. The standard InChI is InChI=1S/C24H29N3O2/c1-5-27(6-2)22(19-10-8-7-9-11-19)16-25-24(28)21-15-23(29-26-21)20-13-12-17(3)18(4)14-20/h7-15,22H,5-6,16H2,1-4H3,(H,25,28)/t22-/m0/s1. The van der Waals surface area contributed by atoms with E-state index in [1.54, 1.807) is 6.07 Å². The molecule has 0 radical (unpaired) electrons. The van der Waals surface area contributed by atoms with E-state index < -0.39 is 0 Å². The van der Waals surface area contributed by atoms with E-state index in [1.807, 2.05) is 36.4 Å².